The summed E-state index contributed by atoms with van der Waals surface area (Å²) >= 11 is 0. The van der Waals surface area contributed by atoms with Crippen LogP contribution in [0, 0.1) is 5.92 Å². The molecular weight excluding hydrogens is 244 g/mol. The lowest BCUT2D eigenvalue weighted by molar-refractivity contribution is 0.0871. The maximum absolute atomic E-state index is 11.9. The molecule has 1 amide bonds. The second-order valence-corrected chi connectivity index (χ2v) is 4.75. The molecule has 0 spiro atoms. The number of hydrogen-bond acceptors (Lipinski definition) is 4. The summed E-state index contributed by atoms with van der Waals surface area (Å²) in [6, 6.07) is 4.89. The molecule has 0 aliphatic rings. The third-order valence-corrected chi connectivity index (χ3v) is 2.74. The number of ether oxygens (including phenoxy) is 1. The third-order valence-electron chi connectivity index (χ3n) is 2.74. The molecule has 0 saturated carbocycles. The van der Waals surface area contributed by atoms with Crippen LogP contribution in [0.5, 0.6) is 5.75 Å². The van der Waals surface area contributed by atoms with E-state index in [0.29, 0.717) is 23.6 Å². The molecule has 0 saturated heterocycles. The molecule has 5 heteroatoms. The molecule has 1 atom stereocenters. The second-order valence-electron chi connectivity index (χ2n) is 4.75. The predicted octanol–water partition coefficient (Wildman–Crippen LogP) is 1.41. The van der Waals surface area contributed by atoms with E-state index in [4.69, 9.17) is 10.5 Å². The van der Waals surface area contributed by atoms with E-state index >= 15 is 0 Å². The van der Waals surface area contributed by atoms with Crippen molar-refractivity contribution in [1.82, 2.24) is 5.32 Å². The number of benzene rings is 1. The zero-order chi connectivity index (χ0) is 14.4. The molecule has 0 heterocycles. The molecule has 5 nitrogen and oxygen atoms in total. The normalized spacial score (nSPS) is 12.3. The molecule has 1 unspecified atom stereocenters. The fraction of sp³-hybridized carbons (Fsp3) is 0.500. The molecule has 0 radical (unpaired) electrons. The molecule has 0 fully saturated rings. The summed E-state index contributed by atoms with van der Waals surface area (Å²) in [5, 5.41) is 12.3. The molecule has 1 aromatic carbocycles. The highest BCUT2D eigenvalue weighted by Gasteiger charge is 2.13. The molecular formula is C14H22N2O3. The smallest absolute Gasteiger partial charge is 0.251 e. The molecule has 0 aliphatic heterocycles. The van der Waals surface area contributed by atoms with Crippen LogP contribution in [-0.2, 0) is 0 Å². The second kappa shape index (κ2) is 6.99. The van der Waals surface area contributed by atoms with E-state index in [0.717, 1.165) is 0 Å². The van der Waals surface area contributed by atoms with E-state index < -0.39 is 6.10 Å². The number of amides is 1. The Morgan fingerprint density at radius 3 is 2.68 bits per heavy atom. The van der Waals surface area contributed by atoms with Gasteiger partial charge in [0.1, 0.15) is 5.75 Å². The van der Waals surface area contributed by atoms with Gasteiger partial charge in [0.2, 0.25) is 0 Å². The monoisotopic (exact) mass is 266 g/mol. The number of carbonyl (C=O) groups excluding carboxylic acids is 1. The number of hydrogen-bond donors (Lipinski definition) is 3. The van der Waals surface area contributed by atoms with Crippen LogP contribution in [0.15, 0.2) is 18.2 Å². The van der Waals surface area contributed by atoms with Crippen molar-refractivity contribution in [3.63, 3.8) is 0 Å². The van der Waals surface area contributed by atoms with Crippen molar-refractivity contribution in [3.8, 4) is 5.75 Å². The highest BCUT2D eigenvalue weighted by molar-refractivity contribution is 5.95. The Kier molecular flexibility index (Phi) is 5.63. The van der Waals surface area contributed by atoms with Gasteiger partial charge in [-0.3, -0.25) is 4.79 Å². The number of rotatable bonds is 6. The quantitative estimate of drug-likeness (QED) is 0.680. The van der Waals surface area contributed by atoms with Crippen LogP contribution in [0.25, 0.3) is 0 Å². The lowest BCUT2D eigenvalue weighted by Gasteiger charge is -2.15. The Hall–Kier alpha value is -1.75. The number of nitrogens with two attached hydrogens (primary N) is 1. The van der Waals surface area contributed by atoms with Crippen LogP contribution in [0.1, 0.15) is 31.1 Å². The highest BCUT2D eigenvalue weighted by atomic mass is 16.5. The average molecular weight is 266 g/mol. The number of nitrogen functional groups attached to an aromatic ring is 1. The lowest BCUT2D eigenvalue weighted by atomic mass is 10.1. The first-order valence-corrected chi connectivity index (χ1v) is 6.43. The highest BCUT2D eigenvalue weighted by Crippen LogP contribution is 2.19. The van der Waals surface area contributed by atoms with Crippen molar-refractivity contribution in [2.75, 3.05) is 18.9 Å². The van der Waals surface area contributed by atoms with Gasteiger partial charge in [0, 0.05) is 23.9 Å². The molecule has 4 N–H and O–H groups in total. The zero-order valence-electron chi connectivity index (χ0n) is 11.6. The van der Waals surface area contributed by atoms with Gasteiger partial charge in [-0.25, -0.2) is 0 Å². The zero-order valence-corrected chi connectivity index (χ0v) is 11.6. The summed E-state index contributed by atoms with van der Waals surface area (Å²) in [4.78, 5) is 11.9. The van der Waals surface area contributed by atoms with Gasteiger partial charge in [-0.15, -0.1) is 0 Å². The fourth-order valence-corrected chi connectivity index (χ4v) is 1.54. The first-order chi connectivity index (χ1) is 8.93. The molecule has 0 bridgehead atoms. The standard InChI is InChI=1S/C14H22N2O3/c1-4-19-12-6-10(5-11(15)7-12)14(18)16-8-13(17)9(2)3/h5-7,9,13,17H,4,8,15H2,1-3H3,(H,16,18). The number of carbonyl (C=O) groups is 1. The van der Waals surface area contributed by atoms with Crippen LogP contribution in [0.3, 0.4) is 0 Å². The van der Waals surface area contributed by atoms with Gasteiger partial charge in [-0.2, -0.15) is 0 Å². The SMILES string of the molecule is CCOc1cc(N)cc(C(=O)NCC(O)C(C)C)c1. The number of nitrogens with one attached hydrogen (secondary N) is 1. The van der Waals surface area contributed by atoms with Crippen molar-refractivity contribution in [2.45, 2.75) is 26.9 Å². The van der Waals surface area contributed by atoms with Crippen molar-refractivity contribution >= 4 is 11.6 Å². The minimum absolute atomic E-state index is 0.0973. The minimum Gasteiger partial charge on any atom is -0.494 e. The summed E-state index contributed by atoms with van der Waals surface area (Å²) in [6.07, 6.45) is -0.559. The summed E-state index contributed by atoms with van der Waals surface area (Å²) in [6.45, 7) is 6.38. The lowest BCUT2D eigenvalue weighted by Crippen LogP contribution is -2.34. The maximum Gasteiger partial charge on any atom is 0.251 e. The Morgan fingerprint density at radius 2 is 2.11 bits per heavy atom. The Labute approximate surface area is 113 Å². The maximum atomic E-state index is 11.9. The van der Waals surface area contributed by atoms with Gasteiger partial charge in [0.15, 0.2) is 0 Å². The summed E-state index contributed by atoms with van der Waals surface area (Å²) < 4.78 is 5.33. The fourth-order valence-electron chi connectivity index (χ4n) is 1.54. The van der Waals surface area contributed by atoms with Crippen molar-refractivity contribution in [3.05, 3.63) is 23.8 Å². The van der Waals surface area contributed by atoms with Crippen LogP contribution in [0.4, 0.5) is 5.69 Å². The van der Waals surface area contributed by atoms with E-state index in [2.05, 4.69) is 5.32 Å². The van der Waals surface area contributed by atoms with Crippen LogP contribution < -0.4 is 15.8 Å². The van der Waals surface area contributed by atoms with E-state index in [1.807, 2.05) is 20.8 Å². The van der Waals surface area contributed by atoms with Crippen molar-refractivity contribution in [2.24, 2.45) is 5.92 Å². The van der Waals surface area contributed by atoms with Gasteiger partial charge in [0.25, 0.3) is 5.91 Å². The van der Waals surface area contributed by atoms with Crippen molar-refractivity contribution in [1.29, 1.82) is 0 Å². The first-order valence-electron chi connectivity index (χ1n) is 6.43. The van der Waals surface area contributed by atoms with E-state index in [1.165, 1.54) is 0 Å². The average Bonchev–Trinajstić information content (AvgIpc) is 2.35. The predicted molar refractivity (Wildman–Crippen MR) is 75.2 cm³/mol. The molecule has 19 heavy (non-hydrogen) atoms. The number of anilines is 1. The third kappa shape index (κ3) is 4.79. The van der Waals surface area contributed by atoms with Gasteiger partial charge in [0.05, 0.1) is 12.7 Å². The van der Waals surface area contributed by atoms with Crippen LogP contribution >= 0.6 is 0 Å². The Morgan fingerprint density at radius 1 is 1.42 bits per heavy atom. The van der Waals surface area contributed by atoms with E-state index in [1.54, 1.807) is 18.2 Å². The molecule has 0 aromatic heterocycles. The first kappa shape index (κ1) is 15.3. The van der Waals surface area contributed by atoms with Gasteiger partial charge >= 0.3 is 0 Å². The topological polar surface area (TPSA) is 84.6 Å². The Balaban J connectivity index is 2.71. The molecule has 1 rings (SSSR count). The van der Waals surface area contributed by atoms with Gasteiger partial charge in [-0.1, -0.05) is 13.8 Å². The molecule has 1 aromatic rings. The molecule has 0 aliphatic carbocycles. The van der Waals surface area contributed by atoms with Gasteiger partial charge in [-0.05, 0) is 25.0 Å². The molecule has 106 valence electrons. The number of aliphatic hydroxyl groups excluding tert-OH is 1. The largest absolute Gasteiger partial charge is 0.494 e. The van der Waals surface area contributed by atoms with Crippen molar-refractivity contribution < 1.29 is 14.6 Å². The number of aliphatic hydroxyl groups is 1. The van der Waals surface area contributed by atoms with Gasteiger partial charge < -0.3 is 20.9 Å². The van der Waals surface area contributed by atoms with E-state index in [9.17, 15) is 9.90 Å². The summed E-state index contributed by atoms with van der Waals surface area (Å²) in [5.41, 5.74) is 6.62. The summed E-state index contributed by atoms with van der Waals surface area (Å²) in [5.74, 6) is 0.394. The summed E-state index contributed by atoms with van der Waals surface area (Å²) in [7, 11) is 0. The minimum atomic E-state index is -0.559. The van der Waals surface area contributed by atoms with Crippen LogP contribution in [0.2, 0.25) is 0 Å². The van der Waals surface area contributed by atoms with Crippen LogP contribution in [-0.4, -0.2) is 30.3 Å². The van der Waals surface area contributed by atoms with E-state index in [-0.39, 0.29) is 18.4 Å². The Bertz CT molecular complexity index is 433.